The number of hydrogen-bond acceptors (Lipinski definition) is 8. The van der Waals surface area contributed by atoms with Crippen molar-refractivity contribution < 1.29 is 33.4 Å². The predicted molar refractivity (Wildman–Crippen MR) is 161 cm³/mol. The topological polar surface area (TPSA) is 119 Å². The largest absolute Gasteiger partial charge is 0.462 e. The number of amides is 3. The Hall–Kier alpha value is -4.80. The second kappa shape index (κ2) is 13.0. The third kappa shape index (κ3) is 6.35. The van der Waals surface area contributed by atoms with Crippen LogP contribution >= 0.6 is 22.9 Å². The van der Waals surface area contributed by atoms with Crippen molar-refractivity contribution in [3.63, 3.8) is 0 Å². The summed E-state index contributed by atoms with van der Waals surface area (Å²) in [6.45, 7) is 1.08. The van der Waals surface area contributed by atoms with Crippen molar-refractivity contribution in [3.8, 4) is 11.1 Å². The van der Waals surface area contributed by atoms with Gasteiger partial charge in [0, 0.05) is 22.4 Å². The van der Waals surface area contributed by atoms with Crippen molar-refractivity contribution in [2.24, 2.45) is 0 Å². The highest BCUT2D eigenvalue weighted by Crippen LogP contribution is 2.36. The first-order valence-electron chi connectivity index (χ1n) is 13.3. The van der Waals surface area contributed by atoms with Crippen LogP contribution in [0.15, 0.2) is 84.2 Å². The van der Waals surface area contributed by atoms with E-state index in [1.807, 2.05) is 0 Å². The van der Waals surface area contributed by atoms with Crippen molar-refractivity contribution in [1.29, 1.82) is 0 Å². The quantitative estimate of drug-likeness (QED) is 0.181. The van der Waals surface area contributed by atoms with Crippen LogP contribution in [0.1, 0.15) is 43.6 Å². The standard InChI is InChI=1S/C32H25ClN2O7S/c1-2-41-32(40)27-24(20-12-14-21(33)15-13-20)18-43-28(27)34-26(36)17-42-31(39)25(16-19-8-4-3-5-9-19)35-29(37)22-10-6-7-11-23(22)30(35)38/h3-15,18,25H,2,16-17H2,1H3,(H,34,36)/t25-/m0/s1. The highest BCUT2D eigenvalue weighted by atomic mass is 35.5. The molecule has 4 aromatic rings. The van der Waals surface area contributed by atoms with Crippen LogP contribution < -0.4 is 5.32 Å². The second-order valence-electron chi connectivity index (χ2n) is 9.47. The molecule has 1 aliphatic heterocycles. The molecule has 0 aliphatic carbocycles. The Labute approximate surface area is 256 Å². The summed E-state index contributed by atoms with van der Waals surface area (Å²) >= 11 is 7.12. The molecule has 1 aromatic heterocycles. The normalized spacial score (nSPS) is 12.9. The average molecular weight is 617 g/mol. The summed E-state index contributed by atoms with van der Waals surface area (Å²) in [5.74, 6) is -3.50. The highest BCUT2D eigenvalue weighted by molar-refractivity contribution is 7.15. The molecule has 9 nitrogen and oxygen atoms in total. The number of nitrogens with zero attached hydrogens (tertiary/aromatic N) is 1. The van der Waals surface area contributed by atoms with Crippen LogP contribution in [0.25, 0.3) is 11.1 Å². The van der Waals surface area contributed by atoms with Crippen LogP contribution in [-0.4, -0.2) is 53.8 Å². The molecule has 0 saturated carbocycles. The molecule has 0 spiro atoms. The summed E-state index contributed by atoms with van der Waals surface area (Å²) in [5.41, 5.74) is 2.47. The van der Waals surface area contributed by atoms with Gasteiger partial charge in [-0.1, -0.05) is 66.2 Å². The number of benzene rings is 3. The SMILES string of the molecule is CCOC(=O)c1c(-c2ccc(Cl)cc2)csc1NC(=O)COC(=O)[C@H](Cc1ccccc1)N1C(=O)c2ccccc2C1=O. The fraction of sp³-hybridized carbons (Fsp3) is 0.156. The van der Waals surface area contributed by atoms with E-state index in [2.05, 4.69) is 5.32 Å². The molecule has 0 bridgehead atoms. The molecule has 2 heterocycles. The Bertz CT molecular complexity index is 1670. The highest BCUT2D eigenvalue weighted by Gasteiger charge is 2.43. The minimum atomic E-state index is -1.31. The maximum atomic E-state index is 13.4. The maximum Gasteiger partial charge on any atom is 0.341 e. The molecule has 1 aliphatic rings. The summed E-state index contributed by atoms with van der Waals surface area (Å²) in [6, 6.07) is 20.7. The first kappa shape index (κ1) is 29.7. The number of anilines is 1. The van der Waals surface area contributed by atoms with Crippen LogP contribution in [0, 0.1) is 0 Å². The molecule has 1 N–H and O–H groups in total. The van der Waals surface area contributed by atoms with Crippen molar-refractivity contribution in [3.05, 3.63) is 112 Å². The van der Waals surface area contributed by atoms with Gasteiger partial charge in [-0.2, -0.15) is 0 Å². The number of carbonyl (C=O) groups excluding carboxylic acids is 5. The smallest absolute Gasteiger partial charge is 0.341 e. The summed E-state index contributed by atoms with van der Waals surface area (Å²) in [5, 5.41) is 5.07. The van der Waals surface area contributed by atoms with Gasteiger partial charge in [0.2, 0.25) is 0 Å². The predicted octanol–water partition coefficient (Wildman–Crippen LogP) is 5.63. The van der Waals surface area contributed by atoms with E-state index in [-0.39, 0.29) is 34.7 Å². The molecule has 5 rings (SSSR count). The van der Waals surface area contributed by atoms with Gasteiger partial charge < -0.3 is 14.8 Å². The number of nitrogens with one attached hydrogen (secondary N) is 1. The van der Waals surface area contributed by atoms with Crippen LogP contribution in [-0.2, 0) is 25.5 Å². The van der Waals surface area contributed by atoms with Gasteiger partial charge in [-0.15, -0.1) is 11.3 Å². The first-order chi connectivity index (χ1) is 20.8. The molecule has 11 heteroatoms. The molecule has 0 fully saturated rings. The fourth-order valence-corrected chi connectivity index (χ4v) is 5.80. The van der Waals surface area contributed by atoms with Gasteiger partial charge in [-0.05, 0) is 42.3 Å². The molecular formula is C32H25ClN2O7S. The lowest BCUT2D eigenvalue weighted by Crippen LogP contribution is -2.47. The van der Waals surface area contributed by atoms with E-state index in [1.165, 1.54) is 12.1 Å². The van der Waals surface area contributed by atoms with Crippen LogP contribution in [0.4, 0.5) is 5.00 Å². The number of thiophene rings is 1. The summed E-state index contributed by atoms with van der Waals surface area (Å²) in [6.07, 6.45) is -0.00482. The van der Waals surface area contributed by atoms with E-state index in [1.54, 1.807) is 79.0 Å². The van der Waals surface area contributed by atoms with Crippen molar-refractivity contribution >= 4 is 57.6 Å². The van der Waals surface area contributed by atoms with E-state index in [0.29, 0.717) is 21.7 Å². The zero-order valence-electron chi connectivity index (χ0n) is 22.9. The van der Waals surface area contributed by atoms with Crippen molar-refractivity contribution in [2.45, 2.75) is 19.4 Å². The lowest BCUT2D eigenvalue weighted by atomic mass is 10.0. The molecule has 3 amide bonds. The number of ether oxygens (including phenoxy) is 2. The molecular weight excluding hydrogens is 592 g/mol. The minimum absolute atomic E-state index is 0.00482. The zero-order valence-corrected chi connectivity index (χ0v) is 24.4. The van der Waals surface area contributed by atoms with E-state index in [9.17, 15) is 24.0 Å². The number of imide groups is 1. The van der Waals surface area contributed by atoms with Gasteiger partial charge in [-0.25, -0.2) is 9.59 Å². The third-order valence-corrected chi connectivity index (χ3v) is 7.85. The molecule has 43 heavy (non-hydrogen) atoms. The van der Waals surface area contributed by atoms with Gasteiger partial charge in [0.15, 0.2) is 6.61 Å². The number of esters is 2. The molecule has 218 valence electrons. The molecule has 3 aromatic carbocycles. The molecule has 0 saturated heterocycles. The number of hydrogen-bond donors (Lipinski definition) is 1. The van der Waals surface area contributed by atoms with E-state index in [0.717, 1.165) is 16.2 Å². The van der Waals surface area contributed by atoms with Gasteiger partial charge in [0.1, 0.15) is 16.6 Å². The minimum Gasteiger partial charge on any atom is -0.462 e. The van der Waals surface area contributed by atoms with E-state index >= 15 is 0 Å². The van der Waals surface area contributed by atoms with Crippen LogP contribution in [0.5, 0.6) is 0 Å². The van der Waals surface area contributed by atoms with Crippen LogP contribution in [0.3, 0.4) is 0 Å². The number of rotatable bonds is 10. The number of halogens is 1. The maximum absolute atomic E-state index is 13.4. The number of fused-ring (bicyclic) bond motifs is 1. The second-order valence-corrected chi connectivity index (χ2v) is 10.8. The molecule has 1 atom stereocenters. The zero-order chi connectivity index (χ0) is 30.5. The first-order valence-corrected chi connectivity index (χ1v) is 14.6. The lowest BCUT2D eigenvalue weighted by molar-refractivity contribution is -0.151. The van der Waals surface area contributed by atoms with E-state index < -0.39 is 42.3 Å². The monoisotopic (exact) mass is 616 g/mol. The van der Waals surface area contributed by atoms with E-state index in [4.69, 9.17) is 21.1 Å². The molecule has 0 radical (unpaired) electrons. The van der Waals surface area contributed by atoms with Crippen molar-refractivity contribution in [2.75, 3.05) is 18.5 Å². The summed E-state index contributed by atoms with van der Waals surface area (Å²) in [7, 11) is 0. The Morgan fingerprint density at radius 2 is 1.49 bits per heavy atom. The fourth-order valence-electron chi connectivity index (χ4n) is 4.70. The Morgan fingerprint density at radius 3 is 2.12 bits per heavy atom. The molecule has 0 unspecified atom stereocenters. The van der Waals surface area contributed by atoms with Gasteiger partial charge in [-0.3, -0.25) is 19.3 Å². The van der Waals surface area contributed by atoms with Gasteiger partial charge >= 0.3 is 11.9 Å². The summed E-state index contributed by atoms with van der Waals surface area (Å²) in [4.78, 5) is 66.4. The Balaban J connectivity index is 1.34. The van der Waals surface area contributed by atoms with Gasteiger partial charge in [0.25, 0.3) is 17.7 Å². The Kier molecular flexibility index (Phi) is 8.98. The number of carbonyl (C=O) groups is 5. The lowest BCUT2D eigenvalue weighted by Gasteiger charge is -2.24. The Morgan fingerprint density at radius 1 is 0.860 bits per heavy atom. The van der Waals surface area contributed by atoms with Gasteiger partial charge in [0.05, 0.1) is 17.7 Å². The third-order valence-electron chi connectivity index (χ3n) is 6.71. The van der Waals surface area contributed by atoms with Crippen LogP contribution in [0.2, 0.25) is 5.02 Å². The average Bonchev–Trinajstić information content (AvgIpc) is 3.54. The summed E-state index contributed by atoms with van der Waals surface area (Å²) < 4.78 is 10.6. The van der Waals surface area contributed by atoms with Crippen molar-refractivity contribution in [1.82, 2.24) is 4.90 Å².